The Hall–Kier alpha value is -3.20. The zero-order chi connectivity index (χ0) is 21.8. The van der Waals surface area contributed by atoms with Crippen LogP contribution < -0.4 is 16.4 Å². The maximum atomic E-state index is 12.4. The van der Waals surface area contributed by atoms with Crippen molar-refractivity contribution in [2.24, 2.45) is 10.7 Å². The fourth-order valence-electron chi connectivity index (χ4n) is 2.95. The Balaban J connectivity index is 1.54. The molecule has 0 radical (unpaired) electrons. The molecule has 0 bridgehead atoms. The number of pyridine rings is 1. The zero-order valence-electron chi connectivity index (χ0n) is 16.3. The molecule has 7 nitrogen and oxygen atoms in total. The normalized spacial score (nSPS) is 16.1. The molecule has 0 aliphatic carbocycles. The van der Waals surface area contributed by atoms with Crippen LogP contribution in [-0.2, 0) is 16.1 Å². The molecule has 1 aliphatic heterocycles. The lowest BCUT2D eigenvalue weighted by Gasteiger charge is -2.06. The maximum Gasteiger partial charge on any atom is 0.264 e. The SMILES string of the molecule is NCC(=O)NCc1ccc(Cl)c(N=C2NC(=O)/C(=C\c3ccc4ncccc4c3)S2)c1. The largest absolute Gasteiger partial charge is 0.351 e. The van der Waals surface area contributed by atoms with E-state index < -0.39 is 0 Å². The van der Waals surface area contributed by atoms with Crippen molar-refractivity contribution in [3.63, 3.8) is 0 Å². The average Bonchev–Trinajstić information content (AvgIpc) is 3.12. The maximum absolute atomic E-state index is 12.4. The summed E-state index contributed by atoms with van der Waals surface area (Å²) < 4.78 is 0. The Bertz CT molecular complexity index is 1240. The number of nitrogens with one attached hydrogen (secondary N) is 2. The van der Waals surface area contributed by atoms with Gasteiger partial charge < -0.3 is 16.4 Å². The minimum Gasteiger partial charge on any atom is -0.351 e. The Morgan fingerprint density at radius 1 is 1.26 bits per heavy atom. The van der Waals surface area contributed by atoms with Crippen LogP contribution in [0, 0.1) is 0 Å². The first-order valence-electron chi connectivity index (χ1n) is 9.41. The highest BCUT2D eigenvalue weighted by atomic mass is 35.5. The second kappa shape index (κ2) is 9.30. The third kappa shape index (κ3) is 5.11. The minimum atomic E-state index is -0.249. The molecule has 1 aliphatic rings. The van der Waals surface area contributed by atoms with Crippen molar-refractivity contribution in [1.82, 2.24) is 15.6 Å². The van der Waals surface area contributed by atoms with E-state index >= 15 is 0 Å². The summed E-state index contributed by atoms with van der Waals surface area (Å²) in [5, 5.41) is 7.34. The van der Waals surface area contributed by atoms with Crippen molar-refractivity contribution in [3.8, 4) is 0 Å². The molecule has 0 saturated carbocycles. The van der Waals surface area contributed by atoms with Crippen LogP contribution in [0.3, 0.4) is 0 Å². The fourth-order valence-corrected chi connectivity index (χ4v) is 3.95. The number of amidine groups is 1. The zero-order valence-corrected chi connectivity index (χ0v) is 17.8. The highest BCUT2D eigenvalue weighted by Gasteiger charge is 2.24. The second-order valence-corrected chi connectivity index (χ2v) is 8.14. The molecule has 2 amide bonds. The van der Waals surface area contributed by atoms with E-state index in [0.29, 0.717) is 27.3 Å². The Kier molecular flexibility index (Phi) is 6.31. The van der Waals surface area contributed by atoms with Crippen LogP contribution in [-0.4, -0.2) is 28.5 Å². The van der Waals surface area contributed by atoms with Gasteiger partial charge in [0.05, 0.1) is 27.7 Å². The summed E-state index contributed by atoms with van der Waals surface area (Å²) in [4.78, 5) is 33.1. The quantitative estimate of drug-likeness (QED) is 0.515. The lowest BCUT2D eigenvalue weighted by molar-refractivity contribution is -0.120. The molecule has 4 rings (SSSR count). The number of amides is 2. The monoisotopic (exact) mass is 451 g/mol. The van der Waals surface area contributed by atoms with Gasteiger partial charge in [0.1, 0.15) is 0 Å². The van der Waals surface area contributed by atoms with Crippen LogP contribution in [0.15, 0.2) is 64.6 Å². The van der Waals surface area contributed by atoms with E-state index in [4.69, 9.17) is 17.3 Å². The first kappa shape index (κ1) is 21.0. The molecule has 2 aromatic carbocycles. The second-order valence-electron chi connectivity index (χ2n) is 6.70. The molecule has 0 atom stereocenters. The molecule has 31 heavy (non-hydrogen) atoms. The molecule has 1 fully saturated rings. The Morgan fingerprint density at radius 2 is 2.13 bits per heavy atom. The molecule has 4 N–H and O–H groups in total. The number of hydrogen-bond donors (Lipinski definition) is 3. The topological polar surface area (TPSA) is 109 Å². The van der Waals surface area contributed by atoms with Gasteiger partial charge in [-0.25, -0.2) is 4.99 Å². The van der Waals surface area contributed by atoms with Gasteiger partial charge in [-0.1, -0.05) is 29.8 Å². The summed E-state index contributed by atoms with van der Waals surface area (Å²) in [5.74, 6) is -0.474. The summed E-state index contributed by atoms with van der Waals surface area (Å²) in [5.41, 5.74) is 8.42. The van der Waals surface area contributed by atoms with Gasteiger partial charge in [-0.3, -0.25) is 14.6 Å². The number of rotatable bonds is 5. The Morgan fingerprint density at radius 3 is 2.97 bits per heavy atom. The number of carbonyl (C=O) groups is 2. The number of benzene rings is 2. The van der Waals surface area contributed by atoms with E-state index in [9.17, 15) is 9.59 Å². The van der Waals surface area contributed by atoms with Crippen LogP contribution in [0.1, 0.15) is 11.1 Å². The first-order valence-corrected chi connectivity index (χ1v) is 10.6. The number of nitrogens with two attached hydrogens (primary N) is 1. The summed E-state index contributed by atoms with van der Waals surface area (Å²) in [6, 6.07) is 14.9. The summed E-state index contributed by atoms with van der Waals surface area (Å²) in [7, 11) is 0. The molecule has 156 valence electrons. The molecule has 0 spiro atoms. The van der Waals surface area contributed by atoms with Gasteiger partial charge in [0, 0.05) is 18.1 Å². The minimum absolute atomic E-state index is 0.0751. The van der Waals surface area contributed by atoms with Crippen molar-refractivity contribution in [2.75, 3.05) is 6.54 Å². The Labute approximate surface area is 187 Å². The molecule has 3 aromatic rings. The lowest BCUT2D eigenvalue weighted by Crippen LogP contribution is -2.29. The fraction of sp³-hybridized carbons (Fsp3) is 0.0909. The van der Waals surface area contributed by atoms with Crippen LogP contribution in [0.4, 0.5) is 5.69 Å². The van der Waals surface area contributed by atoms with Crippen molar-refractivity contribution >= 4 is 63.0 Å². The molecule has 9 heteroatoms. The van der Waals surface area contributed by atoms with E-state index in [1.54, 1.807) is 24.4 Å². The number of aliphatic imine (C=N–C) groups is 1. The van der Waals surface area contributed by atoms with Crippen LogP contribution in [0.5, 0.6) is 0 Å². The van der Waals surface area contributed by atoms with E-state index in [1.165, 1.54) is 11.8 Å². The van der Waals surface area contributed by atoms with E-state index in [2.05, 4.69) is 20.6 Å². The number of hydrogen-bond acceptors (Lipinski definition) is 6. The number of fused-ring (bicyclic) bond motifs is 1. The molecule has 0 unspecified atom stereocenters. The van der Waals surface area contributed by atoms with Gasteiger partial charge in [-0.2, -0.15) is 0 Å². The number of carbonyl (C=O) groups excluding carboxylic acids is 2. The van der Waals surface area contributed by atoms with E-state index in [0.717, 1.165) is 22.0 Å². The lowest BCUT2D eigenvalue weighted by atomic mass is 10.1. The highest BCUT2D eigenvalue weighted by Crippen LogP contribution is 2.32. The van der Waals surface area contributed by atoms with Gasteiger partial charge >= 0.3 is 0 Å². The number of thioether (sulfide) groups is 1. The number of aromatic nitrogens is 1. The summed E-state index contributed by atoms with van der Waals surface area (Å²) in [6.07, 6.45) is 3.56. The van der Waals surface area contributed by atoms with Gasteiger partial charge in [0.25, 0.3) is 5.91 Å². The predicted octanol–water partition coefficient (Wildman–Crippen LogP) is 3.35. The molecular weight excluding hydrogens is 434 g/mol. The van der Waals surface area contributed by atoms with Crippen LogP contribution in [0.2, 0.25) is 5.02 Å². The first-order chi connectivity index (χ1) is 15.0. The third-order valence-corrected chi connectivity index (χ3v) is 5.71. The molecule has 1 saturated heterocycles. The van der Waals surface area contributed by atoms with E-state index in [1.807, 2.05) is 36.4 Å². The smallest absolute Gasteiger partial charge is 0.264 e. The molecular formula is C22H18ClN5O2S. The number of halogens is 1. The van der Waals surface area contributed by atoms with Gasteiger partial charge in [0.15, 0.2) is 5.17 Å². The van der Waals surface area contributed by atoms with Crippen molar-refractivity contribution < 1.29 is 9.59 Å². The molecule has 1 aromatic heterocycles. The molecule has 2 heterocycles. The third-order valence-electron chi connectivity index (χ3n) is 4.48. The summed E-state index contributed by atoms with van der Waals surface area (Å²) >= 11 is 7.51. The summed E-state index contributed by atoms with van der Waals surface area (Å²) in [6.45, 7) is 0.237. The van der Waals surface area contributed by atoms with Crippen molar-refractivity contribution in [2.45, 2.75) is 6.54 Å². The highest BCUT2D eigenvalue weighted by molar-refractivity contribution is 8.18. The van der Waals surface area contributed by atoms with Gasteiger partial charge in [-0.05, 0) is 59.3 Å². The standard InChI is InChI=1S/C22H18ClN5O2S/c23-16-5-3-14(12-26-20(29)11-24)9-18(16)27-22-28-21(30)19(31-22)10-13-4-6-17-15(8-13)2-1-7-25-17/h1-10H,11-12,24H2,(H,26,29)(H,27,28,30)/b19-10+. The average molecular weight is 452 g/mol. The van der Waals surface area contributed by atoms with Gasteiger partial charge in [0.2, 0.25) is 5.91 Å². The van der Waals surface area contributed by atoms with Crippen molar-refractivity contribution in [3.05, 3.63) is 75.8 Å². The van der Waals surface area contributed by atoms with Crippen LogP contribution >= 0.6 is 23.4 Å². The number of nitrogens with zero attached hydrogens (tertiary/aromatic N) is 2. The predicted molar refractivity (Wildman–Crippen MR) is 125 cm³/mol. The van der Waals surface area contributed by atoms with Crippen LogP contribution in [0.25, 0.3) is 17.0 Å². The van der Waals surface area contributed by atoms with Crippen molar-refractivity contribution in [1.29, 1.82) is 0 Å². The van der Waals surface area contributed by atoms with E-state index in [-0.39, 0.29) is 18.4 Å². The van der Waals surface area contributed by atoms with Gasteiger partial charge in [-0.15, -0.1) is 0 Å².